The van der Waals surface area contributed by atoms with Crippen LogP contribution in [-0.2, 0) is 4.79 Å². The normalized spacial score (nSPS) is 19.5. The predicted octanol–water partition coefficient (Wildman–Crippen LogP) is 4.20. The molecule has 2 N–H and O–H groups in total. The molecular weight excluding hydrogens is 354 g/mol. The molecule has 25 heavy (non-hydrogen) atoms. The number of nitrogens with one attached hydrogen (secondary N) is 2. The van der Waals surface area contributed by atoms with Crippen molar-refractivity contribution < 1.29 is 4.79 Å². The molecule has 6 heteroatoms. The monoisotopic (exact) mass is 379 g/mol. The molecule has 1 aromatic carbocycles. The van der Waals surface area contributed by atoms with Crippen molar-refractivity contribution >= 4 is 40.5 Å². The van der Waals surface area contributed by atoms with Crippen LogP contribution in [0, 0.1) is 5.92 Å². The highest BCUT2D eigenvalue weighted by atomic mass is 35.5. The first kappa shape index (κ1) is 18.5. The van der Waals surface area contributed by atoms with Crippen LogP contribution in [0.25, 0.3) is 0 Å². The summed E-state index contributed by atoms with van der Waals surface area (Å²) in [5.74, 6) is 0.490. The standard InChI is InChI=1S/C19H26ClN3OS/c20-16-8-4-5-9-17(16)22-19(25)23-12-10-15(11-13-23)21-18(24)14-6-2-1-3-7-14/h4-5,8-9,14-15H,1-3,6-7,10-13H2,(H,21,24)(H,22,25). The number of carbonyl (C=O) groups is 1. The van der Waals surface area contributed by atoms with Gasteiger partial charge >= 0.3 is 0 Å². The Kier molecular flexibility index (Phi) is 6.54. The van der Waals surface area contributed by atoms with E-state index in [1.165, 1.54) is 19.3 Å². The van der Waals surface area contributed by atoms with Crippen LogP contribution in [-0.4, -0.2) is 35.1 Å². The molecule has 0 aromatic heterocycles. The first-order valence-corrected chi connectivity index (χ1v) is 10.0. The summed E-state index contributed by atoms with van der Waals surface area (Å²) in [6, 6.07) is 7.88. The van der Waals surface area contributed by atoms with Crippen LogP contribution >= 0.6 is 23.8 Å². The van der Waals surface area contributed by atoms with Crippen LogP contribution < -0.4 is 10.6 Å². The Morgan fingerprint density at radius 1 is 1.08 bits per heavy atom. The number of para-hydroxylation sites is 1. The summed E-state index contributed by atoms with van der Waals surface area (Å²) in [5, 5.41) is 7.85. The number of carbonyl (C=O) groups excluding carboxylic acids is 1. The highest BCUT2D eigenvalue weighted by molar-refractivity contribution is 7.80. The fourth-order valence-electron chi connectivity index (χ4n) is 3.67. The Morgan fingerprint density at radius 2 is 1.76 bits per heavy atom. The molecule has 1 aromatic rings. The highest BCUT2D eigenvalue weighted by Crippen LogP contribution is 2.25. The van der Waals surface area contributed by atoms with Crippen molar-refractivity contribution in [3.8, 4) is 0 Å². The molecule has 1 amide bonds. The molecule has 0 spiro atoms. The van der Waals surface area contributed by atoms with Gasteiger partial charge < -0.3 is 15.5 Å². The van der Waals surface area contributed by atoms with Crippen molar-refractivity contribution in [1.29, 1.82) is 0 Å². The molecule has 0 radical (unpaired) electrons. The SMILES string of the molecule is O=C(NC1CCN(C(=S)Nc2ccccc2Cl)CC1)C1CCCCC1. The van der Waals surface area contributed by atoms with Gasteiger partial charge in [0.15, 0.2) is 5.11 Å². The second kappa shape index (κ2) is 8.86. The Bertz CT molecular complexity index is 610. The maximum Gasteiger partial charge on any atom is 0.223 e. The van der Waals surface area contributed by atoms with E-state index < -0.39 is 0 Å². The van der Waals surface area contributed by atoms with Crippen LogP contribution in [0.2, 0.25) is 5.02 Å². The number of anilines is 1. The number of hydrogen-bond donors (Lipinski definition) is 2. The Morgan fingerprint density at radius 3 is 2.44 bits per heavy atom. The van der Waals surface area contributed by atoms with Gasteiger partial charge in [0.25, 0.3) is 0 Å². The van der Waals surface area contributed by atoms with Gasteiger partial charge in [-0.15, -0.1) is 0 Å². The van der Waals surface area contributed by atoms with Crippen molar-refractivity contribution in [3.63, 3.8) is 0 Å². The van der Waals surface area contributed by atoms with Gasteiger partial charge in [0.05, 0.1) is 10.7 Å². The van der Waals surface area contributed by atoms with Crippen molar-refractivity contribution in [3.05, 3.63) is 29.3 Å². The van der Waals surface area contributed by atoms with Crippen LogP contribution in [0.1, 0.15) is 44.9 Å². The molecule has 1 heterocycles. The van der Waals surface area contributed by atoms with Crippen molar-refractivity contribution in [2.75, 3.05) is 18.4 Å². The Labute approximate surface area is 160 Å². The van der Waals surface area contributed by atoms with E-state index in [-0.39, 0.29) is 17.9 Å². The van der Waals surface area contributed by atoms with Crippen LogP contribution in [0.3, 0.4) is 0 Å². The molecule has 3 rings (SSSR count). The first-order chi connectivity index (χ1) is 12.1. The third-order valence-electron chi connectivity index (χ3n) is 5.22. The van der Waals surface area contributed by atoms with Crippen molar-refractivity contribution in [2.24, 2.45) is 5.92 Å². The number of likely N-dealkylation sites (tertiary alicyclic amines) is 1. The number of halogens is 1. The number of nitrogens with zero attached hydrogens (tertiary/aromatic N) is 1. The average molecular weight is 380 g/mol. The largest absolute Gasteiger partial charge is 0.353 e. The van der Waals surface area contributed by atoms with E-state index in [1.54, 1.807) is 0 Å². The summed E-state index contributed by atoms with van der Waals surface area (Å²) >= 11 is 11.7. The molecule has 4 nitrogen and oxygen atoms in total. The Hall–Kier alpha value is -1.33. The molecule has 0 atom stereocenters. The zero-order chi connectivity index (χ0) is 17.6. The lowest BCUT2D eigenvalue weighted by Crippen LogP contribution is -2.48. The lowest BCUT2D eigenvalue weighted by molar-refractivity contribution is -0.126. The molecule has 2 aliphatic rings. The molecule has 1 saturated heterocycles. The van der Waals surface area contributed by atoms with E-state index in [4.69, 9.17) is 23.8 Å². The van der Waals surface area contributed by atoms with Gasteiger partial charge in [0.2, 0.25) is 5.91 Å². The van der Waals surface area contributed by atoms with E-state index in [0.29, 0.717) is 10.1 Å². The third kappa shape index (κ3) is 5.08. The van der Waals surface area contributed by atoms with E-state index in [9.17, 15) is 4.79 Å². The second-order valence-corrected chi connectivity index (χ2v) is 7.81. The quantitative estimate of drug-likeness (QED) is 0.772. The Balaban J connectivity index is 1.44. The summed E-state index contributed by atoms with van der Waals surface area (Å²) in [6.45, 7) is 1.71. The van der Waals surface area contributed by atoms with Gasteiger partial charge in [0, 0.05) is 25.0 Å². The first-order valence-electron chi connectivity index (χ1n) is 9.24. The molecule has 1 aliphatic carbocycles. The number of benzene rings is 1. The van der Waals surface area contributed by atoms with E-state index in [0.717, 1.165) is 44.5 Å². The van der Waals surface area contributed by atoms with Gasteiger partial charge in [-0.2, -0.15) is 0 Å². The van der Waals surface area contributed by atoms with Gasteiger partial charge in [-0.05, 0) is 50.0 Å². The molecule has 0 bridgehead atoms. The van der Waals surface area contributed by atoms with Gasteiger partial charge in [-0.1, -0.05) is 43.0 Å². The van der Waals surface area contributed by atoms with Gasteiger partial charge in [-0.3, -0.25) is 4.79 Å². The maximum atomic E-state index is 12.4. The maximum absolute atomic E-state index is 12.4. The molecule has 0 unspecified atom stereocenters. The number of piperidine rings is 1. The van der Waals surface area contributed by atoms with E-state index >= 15 is 0 Å². The summed E-state index contributed by atoms with van der Waals surface area (Å²) in [4.78, 5) is 14.5. The molecule has 2 fully saturated rings. The molecule has 136 valence electrons. The lowest BCUT2D eigenvalue weighted by atomic mass is 9.88. The minimum absolute atomic E-state index is 0.231. The molecule has 1 saturated carbocycles. The van der Waals surface area contributed by atoms with Gasteiger partial charge in [0.1, 0.15) is 0 Å². The minimum atomic E-state index is 0.231. The fraction of sp³-hybridized carbons (Fsp3) is 0.579. The molecule has 1 aliphatic heterocycles. The predicted molar refractivity (Wildman–Crippen MR) is 107 cm³/mol. The molecular formula is C19H26ClN3OS. The number of amides is 1. The van der Waals surface area contributed by atoms with Crippen molar-refractivity contribution in [1.82, 2.24) is 10.2 Å². The summed E-state index contributed by atoms with van der Waals surface area (Å²) in [7, 11) is 0. The van der Waals surface area contributed by atoms with Crippen LogP contribution in [0.5, 0.6) is 0 Å². The second-order valence-electron chi connectivity index (χ2n) is 7.01. The van der Waals surface area contributed by atoms with E-state index in [1.807, 2.05) is 24.3 Å². The highest BCUT2D eigenvalue weighted by Gasteiger charge is 2.26. The smallest absolute Gasteiger partial charge is 0.223 e. The lowest BCUT2D eigenvalue weighted by Gasteiger charge is -2.35. The summed E-state index contributed by atoms with van der Waals surface area (Å²) in [5.41, 5.74) is 0.835. The third-order valence-corrected chi connectivity index (χ3v) is 5.91. The minimum Gasteiger partial charge on any atom is -0.353 e. The van der Waals surface area contributed by atoms with Crippen molar-refractivity contribution in [2.45, 2.75) is 51.0 Å². The fourth-order valence-corrected chi connectivity index (χ4v) is 4.14. The van der Waals surface area contributed by atoms with Gasteiger partial charge in [-0.25, -0.2) is 0 Å². The zero-order valence-corrected chi connectivity index (χ0v) is 16.0. The van der Waals surface area contributed by atoms with Crippen LogP contribution in [0.4, 0.5) is 5.69 Å². The average Bonchev–Trinajstić information content (AvgIpc) is 2.65. The summed E-state index contributed by atoms with van der Waals surface area (Å²) in [6.07, 6.45) is 7.63. The number of rotatable bonds is 3. The van der Waals surface area contributed by atoms with E-state index in [2.05, 4.69) is 15.5 Å². The topological polar surface area (TPSA) is 44.4 Å². The van der Waals surface area contributed by atoms with Crippen LogP contribution in [0.15, 0.2) is 24.3 Å². The zero-order valence-electron chi connectivity index (χ0n) is 14.5. The number of thiocarbonyl (C=S) groups is 1. The number of hydrogen-bond acceptors (Lipinski definition) is 2. The summed E-state index contributed by atoms with van der Waals surface area (Å²) < 4.78 is 0.